The standard InChI is InChI=1S/C18H22N2O4S/c1-12(19)18(21)20-17(13-7-9-15(24-2)10-8-13)14-5-4-6-16(11-14)25(3,22)23/h4-12,17H,19H2,1-3H3,(H,20,21)/t12-,17?/m0/s1. The molecule has 1 amide bonds. The fraction of sp³-hybridized carbons (Fsp3) is 0.278. The van der Waals surface area contributed by atoms with E-state index in [4.69, 9.17) is 10.5 Å². The van der Waals surface area contributed by atoms with Crippen molar-refractivity contribution in [3.63, 3.8) is 0 Å². The summed E-state index contributed by atoms with van der Waals surface area (Å²) in [5, 5.41) is 2.87. The summed E-state index contributed by atoms with van der Waals surface area (Å²) in [6.45, 7) is 1.59. The lowest BCUT2D eigenvalue weighted by Gasteiger charge is -2.22. The second-order valence-corrected chi connectivity index (χ2v) is 7.86. The van der Waals surface area contributed by atoms with Gasteiger partial charge in [-0.3, -0.25) is 4.79 Å². The molecule has 0 aliphatic rings. The lowest BCUT2D eigenvalue weighted by atomic mass is 9.98. The number of ether oxygens (including phenoxy) is 1. The smallest absolute Gasteiger partial charge is 0.237 e. The van der Waals surface area contributed by atoms with Gasteiger partial charge in [-0.2, -0.15) is 0 Å². The third kappa shape index (κ3) is 4.80. The molecular weight excluding hydrogens is 340 g/mol. The van der Waals surface area contributed by atoms with Crippen LogP contribution in [0.3, 0.4) is 0 Å². The van der Waals surface area contributed by atoms with E-state index < -0.39 is 21.9 Å². The Morgan fingerprint density at radius 2 is 1.76 bits per heavy atom. The maximum Gasteiger partial charge on any atom is 0.237 e. The van der Waals surface area contributed by atoms with Gasteiger partial charge in [0, 0.05) is 6.26 Å². The number of methoxy groups -OCH3 is 1. The van der Waals surface area contributed by atoms with Crippen molar-refractivity contribution in [1.29, 1.82) is 0 Å². The Kier molecular flexibility index (Phi) is 5.81. The molecule has 134 valence electrons. The van der Waals surface area contributed by atoms with Crippen molar-refractivity contribution in [2.24, 2.45) is 5.73 Å². The molecule has 3 N–H and O–H groups in total. The minimum atomic E-state index is -3.35. The molecule has 1 unspecified atom stereocenters. The average Bonchev–Trinajstić information content (AvgIpc) is 2.59. The van der Waals surface area contributed by atoms with Crippen molar-refractivity contribution >= 4 is 15.7 Å². The Balaban J connectivity index is 2.48. The van der Waals surface area contributed by atoms with Gasteiger partial charge in [-0.15, -0.1) is 0 Å². The third-order valence-corrected chi connectivity index (χ3v) is 4.88. The molecule has 0 bridgehead atoms. The average molecular weight is 362 g/mol. The van der Waals surface area contributed by atoms with E-state index in [2.05, 4.69) is 5.32 Å². The lowest BCUT2D eigenvalue weighted by molar-refractivity contribution is -0.122. The molecular formula is C18H22N2O4S. The number of hydrogen-bond acceptors (Lipinski definition) is 5. The van der Waals surface area contributed by atoms with E-state index in [1.54, 1.807) is 44.4 Å². The molecule has 0 saturated heterocycles. The predicted molar refractivity (Wildman–Crippen MR) is 96.2 cm³/mol. The Hall–Kier alpha value is -2.38. The van der Waals surface area contributed by atoms with E-state index in [0.717, 1.165) is 11.8 Å². The number of sulfone groups is 1. The van der Waals surface area contributed by atoms with Gasteiger partial charge in [-0.05, 0) is 42.3 Å². The molecule has 0 fully saturated rings. The first-order chi connectivity index (χ1) is 11.7. The second kappa shape index (κ2) is 7.67. The van der Waals surface area contributed by atoms with Gasteiger partial charge >= 0.3 is 0 Å². The number of carbonyl (C=O) groups excluding carboxylic acids is 1. The number of nitrogens with one attached hydrogen (secondary N) is 1. The Labute approximate surface area is 147 Å². The Morgan fingerprint density at radius 3 is 2.28 bits per heavy atom. The van der Waals surface area contributed by atoms with Crippen LogP contribution in [0.5, 0.6) is 5.75 Å². The van der Waals surface area contributed by atoms with Crippen molar-refractivity contribution in [1.82, 2.24) is 5.32 Å². The molecule has 0 radical (unpaired) electrons. The number of nitrogens with two attached hydrogens (primary N) is 1. The van der Waals surface area contributed by atoms with Crippen LogP contribution in [0.2, 0.25) is 0 Å². The van der Waals surface area contributed by atoms with E-state index in [1.165, 1.54) is 6.07 Å². The topological polar surface area (TPSA) is 98.5 Å². The molecule has 2 rings (SSSR count). The first-order valence-electron chi connectivity index (χ1n) is 7.72. The van der Waals surface area contributed by atoms with Gasteiger partial charge in [0.05, 0.1) is 24.1 Å². The highest BCUT2D eigenvalue weighted by Crippen LogP contribution is 2.26. The van der Waals surface area contributed by atoms with E-state index in [-0.39, 0.29) is 10.8 Å². The van der Waals surface area contributed by atoms with Crippen LogP contribution in [-0.2, 0) is 14.6 Å². The Morgan fingerprint density at radius 1 is 1.12 bits per heavy atom. The summed E-state index contributed by atoms with van der Waals surface area (Å²) in [4.78, 5) is 12.3. The summed E-state index contributed by atoms with van der Waals surface area (Å²) in [6, 6.07) is 12.5. The third-order valence-electron chi connectivity index (χ3n) is 3.77. The normalized spacial score (nSPS) is 13.8. The second-order valence-electron chi connectivity index (χ2n) is 5.85. The van der Waals surface area contributed by atoms with Crippen molar-refractivity contribution in [3.05, 3.63) is 59.7 Å². The van der Waals surface area contributed by atoms with Crippen LogP contribution in [0.25, 0.3) is 0 Å². The van der Waals surface area contributed by atoms with Gasteiger partial charge in [0.25, 0.3) is 0 Å². The highest BCUT2D eigenvalue weighted by Gasteiger charge is 2.20. The van der Waals surface area contributed by atoms with Gasteiger partial charge in [-0.25, -0.2) is 8.42 Å². The molecule has 25 heavy (non-hydrogen) atoms. The van der Waals surface area contributed by atoms with Gasteiger partial charge in [0.1, 0.15) is 5.75 Å². The van der Waals surface area contributed by atoms with Crippen molar-refractivity contribution < 1.29 is 17.9 Å². The summed E-state index contributed by atoms with van der Waals surface area (Å²) >= 11 is 0. The zero-order valence-corrected chi connectivity index (χ0v) is 15.2. The number of hydrogen-bond donors (Lipinski definition) is 2. The number of amides is 1. The molecule has 0 aliphatic carbocycles. The molecule has 0 aliphatic heterocycles. The van der Waals surface area contributed by atoms with Gasteiger partial charge in [-0.1, -0.05) is 24.3 Å². The van der Waals surface area contributed by atoms with Crippen LogP contribution >= 0.6 is 0 Å². The van der Waals surface area contributed by atoms with Crippen molar-refractivity contribution in [3.8, 4) is 5.75 Å². The molecule has 2 atom stereocenters. The zero-order valence-electron chi connectivity index (χ0n) is 14.4. The Bertz CT molecular complexity index is 846. The van der Waals surface area contributed by atoms with Crippen LogP contribution in [0, 0.1) is 0 Å². The first-order valence-corrected chi connectivity index (χ1v) is 9.61. The summed E-state index contributed by atoms with van der Waals surface area (Å²) in [7, 11) is -1.78. The fourth-order valence-electron chi connectivity index (χ4n) is 2.35. The number of rotatable bonds is 6. The minimum absolute atomic E-state index is 0.193. The first kappa shape index (κ1) is 19.0. The van der Waals surface area contributed by atoms with E-state index in [9.17, 15) is 13.2 Å². The van der Waals surface area contributed by atoms with Crippen molar-refractivity contribution in [2.75, 3.05) is 13.4 Å². The molecule has 0 heterocycles. The van der Waals surface area contributed by atoms with Crippen molar-refractivity contribution in [2.45, 2.75) is 23.9 Å². The summed E-state index contributed by atoms with van der Waals surface area (Å²) in [5.74, 6) is 0.358. The molecule has 0 saturated carbocycles. The maximum absolute atomic E-state index is 12.1. The van der Waals surface area contributed by atoms with Gasteiger partial charge in [0.15, 0.2) is 9.84 Å². The van der Waals surface area contributed by atoms with Gasteiger partial charge in [0.2, 0.25) is 5.91 Å². The number of benzene rings is 2. The van der Waals surface area contributed by atoms with E-state index in [1.807, 2.05) is 12.1 Å². The zero-order chi connectivity index (χ0) is 18.6. The minimum Gasteiger partial charge on any atom is -0.497 e. The SMILES string of the molecule is COc1ccc(C(NC(=O)[C@H](C)N)c2cccc(S(C)(=O)=O)c2)cc1. The molecule has 0 aromatic heterocycles. The predicted octanol–water partition coefficient (Wildman–Crippen LogP) is 1.65. The molecule has 2 aromatic carbocycles. The number of carbonyl (C=O) groups is 1. The monoisotopic (exact) mass is 362 g/mol. The van der Waals surface area contributed by atoms with E-state index >= 15 is 0 Å². The van der Waals surface area contributed by atoms with E-state index in [0.29, 0.717) is 11.3 Å². The summed E-state index contributed by atoms with van der Waals surface area (Å²) < 4.78 is 28.8. The molecule has 6 nitrogen and oxygen atoms in total. The quantitative estimate of drug-likeness (QED) is 0.814. The van der Waals surface area contributed by atoms with Gasteiger partial charge < -0.3 is 15.8 Å². The lowest BCUT2D eigenvalue weighted by Crippen LogP contribution is -2.40. The molecule has 7 heteroatoms. The largest absolute Gasteiger partial charge is 0.497 e. The molecule has 2 aromatic rings. The van der Waals surface area contributed by atoms with Crippen LogP contribution in [0.1, 0.15) is 24.1 Å². The fourth-order valence-corrected chi connectivity index (χ4v) is 3.03. The van der Waals surface area contributed by atoms with Crippen LogP contribution in [-0.4, -0.2) is 33.7 Å². The highest BCUT2D eigenvalue weighted by atomic mass is 32.2. The molecule has 0 spiro atoms. The van der Waals surface area contributed by atoms with Crippen LogP contribution < -0.4 is 15.8 Å². The maximum atomic E-state index is 12.1. The van der Waals surface area contributed by atoms with Crippen LogP contribution in [0.15, 0.2) is 53.4 Å². The summed E-state index contributed by atoms with van der Waals surface area (Å²) in [5.41, 5.74) is 7.10. The highest BCUT2D eigenvalue weighted by molar-refractivity contribution is 7.90. The van der Waals surface area contributed by atoms with Crippen LogP contribution in [0.4, 0.5) is 0 Å². The summed E-state index contributed by atoms with van der Waals surface area (Å²) in [6.07, 6.45) is 1.15.